The topological polar surface area (TPSA) is 38.7 Å². The molecular formula is C14H21BF2O3. The number of rotatable bonds is 10. The summed E-state index contributed by atoms with van der Waals surface area (Å²) in [5.41, 5.74) is -0.270. The predicted octanol–water partition coefficient (Wildman–Crippen LogP) is 2.96. The predicted molar refractivity (Wildman–Crippen MR) is 74.4 cm³/mol. The number of hydrogen-bond acceptors (Lipinski definition) is 3. The zero-order valence-electron chi connectivity index (χ0n) is 11.8. The lowest BCUT2D eigenvalue weighted by molar-refractivity contribution is -0.221. The fourth-order valence-electron chi connectivity index (χ4n) is 1.82. The fraction of sp³-hybridized carbons (Fsp3) is 0.571. The van der Waals surface area contributed by atoms with Crippen molar-refractivity contribution in [2.45, 2.75) is 45.4 Å². The Morgan fingerprint density at radius 1 is 1.10 bits per heavy atom. The van der Waals surface area contributed by atoms with Gasteiger partial charge in [-0.1, -0.05) is 51.2 Å². The molecule has 0 saturated heterocycles. The van der Waals surface area contributed by atoms with Crippen LogP contribution in [-0.2, 0) is 9.69 Å². The Bertz CT molecular complexity index is 391. The Kier molecular flexibility index (Phi) is 8.41. The molecule has 0 aliphatic heterocycles. The monoisotopic (exact) mass is 286 g/mol. The summed E-state index contributed by atoms with van der Waals surface area (Å²) >= 11 is 0. The second-order valence-corrected chi connectivity index (χ2v) is 4.68. The average molecular weight is 286 g/mol. The van der Waals surface area contributed by atoms with Crippen LogP contribution in [0.25, 0.3) is 0 Å². The number of benzene rings is 1. The van der Waals surface area contributed by atoms with Crippen LogP contribution < -0.4 is 5.46 Å². The third-order valence-corrected chi connectivity index (χ3v) is 2.99. The van der Waals surface area contributed by atoms with Gasteiger partial charge in [0.25, 0.3) is 0 Å². The molecule has 0 amide bonds. The third kappa shape index (κ3) is 5.99. The van der Waals surface area contributed by atoms with Gasteiger partial charge in [-0.3, -0.25) is 4.81 Å². The summed E-state index contributed by atoms with van der Waals surface area (Å²) in [6.07, 6.45) is 6.60. The lowest BCUT2D eigenvalue weighted by atomic mass is 9.79. The normalized spacial score (nSPS) is 10.8. The number of hydrogen-bond donors (Lipinski definition) is 1. The van der Waals surface area contributed by atoms with Crippen LogP contribution in [0.1, 0.15) is 45.4 Å². The first-order valence-electron chi connectivity index (χ1n) is 7.07. The van der Waals surface area contributed by atoms with Crippen molar-refractivity contribution in [1.82, 2.24) is 0 Å². The van der Waals surface area contributed by atoms with Crippen molar-refractivity contribution < 1.29 is 23.5 Å². The summed E-state index contributed by atoms with van der Waals surface area (Å²) in [7, 11) is -1.62. The second kappa shape index (κ2) is 9.85. The van der Waals surface area contributed by atoms with Crippen molar-refractivity contribution in [2.75, 3.05) is 6.61 Å². The molecule has 0 bridgehead atoms. The molecular weight excluding hydrogens is 265 g/mol. The second-order valence-electron chi connectivity index (χ2n) is 4.68. The van der Waals surface area contributed by atoms with Gasteiger partial charge in [0, 0.05) is 5.46 Å². The molecule has 1 rings (SSSR count). The van der Waals surface area contributed by atoms with E-state index >= 15 is 0 Å². The molecule has 1 N–H and O–H groups in total. The molecule has 0 atom stereocenters. The van der Waals surface area contributed by atoms with Crippen molar-refractivity contribution >= 4 is 12.6 Å². The van der Waals surface area contributed by atoms with Crippen molar-refractivity contribution in [1.29, 1.82) is 0 Å². The van der Waals surface area contributed by atoms with Crippen LogP contribution >= 0.6 is 0 Å². The van der Waals surface area contributed by atoms with E-state index < -0.39 is 18.8 Å². The van der Waals surface area contributed by atoms with Gasteiger partial charge in [0.15, 0.2) is 11.6 Å². The quantitative estimate of drug-likeness (QED) is 0.311. The first-order valence-corrected chi connectivity index (χ1v) is 7.07. The van der Waals surface area contributed by atoms with Crippen molar-refractivity contribution in [3.63, 3.8) is 0 Å². The van der Waals surface area contributed by atoms with E-state index in [2.05, 4.69) is 11.7 Å². The van der Waals surface area contributed by atoms with E-state index in [1.807, 2.05) is 0 Å². The maximum absolute atomic E-state index is 13.3. The van der Waals surface area contributed by atoms with E-state index in [0.717, 1.165) is 25.3 Å². The zero-order valence-corrected chi connectivity index (χ0v) is 11.8. The maximum Gasteiger partial charge on any atom is 0.526 e. The minimum atomic E-state index is -1.62. The lowest BCUT2D eigenvalue weighted by Gasteiger charge is -2.08. The Balaban J connectivity index is 2.17. The molecule has 1 aromatic carbocycles. The summed E-state index contributed by atoms with van der Waals surface area (Å²) < 4.78 is 26.3. The molecule has 0 aliphatic carbocycles. The van der Waals surface area contributed by atoms with E-state index in [0.29, 0.717) is 6.61 Å². The third-order valence-electron chi connectivity index (χ3n) is 2.99. The summed E-state index contributed by atoms with van der Waals surface area (Å²) in [5, 5.41) is 9.54. The molecule has 20 heavy (non-hydrogen) atoms. The van der Waals surface area contributed by atoms with E-state index in [1.165, 1.54) is 31.4 Å². The van der Waals surface area contributed by atoms with Gasteiger partial charge in [-0.25, -0.2) is 13.7 Å². The van der Waals surface area contributed by atoms with Crippen LogP contribution in [-0.4, -0.2) is 18.7 Å². The van der Waals surface area contributed by atoms with Crippen LogP contribution in [0.3, 0.4) is 0 Å². The first kappa shape index (κ1) is 17.1. The molecule has 1 aromatic rings. The van der Waals surface area contributed by atoms with Gasteiger partial charge in [-0.05, 0) is 12.5 Å². The van der Waals surface area contributed by atoms with Gasteiger partial charge in [-0.15, -0.1) is 0 Å². The van der Waals surface area contributed by atoms with Crippen molar-refractivity contribution in [3.05, 3.63) is 29.8 Å². The van der Waals surface area contributed by atoms with E-state index in [1.54, 1.807) is 0 Å². The van der Waals surface area contributed by atoms with Crippen LogP contribution in [0.4, 0.5) is 8.78 Å². The molecule has 112 valence electrons. The van der Waals surface area contributed by atoms with Gasteiger partial charge < -0.3 is 5.02 Å². The Morgan fingerprint density at radius 3 is 2.55 bits per heavy atom. The van der Waals surface area contributed by atoms with Crippen LogP contribution in [0, 0.1) is 11.6 Å². The van der Waals surface area contributed by atoms with Crippen LogP contribution in [0.5, 0.6) is 0 Å². The van der Waals surface area contributed by atoms with Gasteiger partial charge in [0.05, 0.1) is 6.61 Å². The lowest BCUT2D eigenvalue weighted by Crippen LogP contribution is -2.36. The molecule has 0 spiro atoms. The van der Waals surface area contributed by atoms with Crippen LogP contribution in [0.15, 0.2) is 18.2 Å². The molecule has 0 radical (unpaired) electrons. The van der Waals surface area contributed by atoms with Gasteiger partial charge in [-0.2, -0.15) is 0 Å². The standard InChI is InChI=1S/C14H21BF2O3/c1-2-3-4-5-6-7-11-19-20-15(18)12-9-8-10-13(16)14(12)17/h8-10,18H,2-7,11H2,1H3. The van der Waals surface area contributed by atoms with E-state index in [9.17, 15) is 13.8 Å². The molecule has 0 fully saturated rings. The summed E-state index contributed by atoms with van der Waals surface area (Å²) in [4.78, 5) is 9.45. The van der Waals surface area contributed by atoms with Crippen molar-refractivity contribution in [3.8, 4) is 0 Å². The molecule has 0 saturated carbocycles. The summed E-state index contributed by atoms with van der Waals surface area (Å²) in [6.45, 7) is 2.48. The molecule has 0 aliphatic rings. The average Bonchev–Trinajstić information content (AvgIpc) is 2.44. The molecule has 6 heteroatoms. The van der Waals surface area contributed by atoms with Gasteiger partial charge >= 0.3 is 7.12 Å². The molecule has 0 aromatic heterocycles. The minimum absolute atomic E-state index is 0.270. The smallest absolute Gasteiger partial charge is 0.422 e. The highest BCUT2D eigenvalue weighted by Gasteiger charge is 2.24. The largest absolute Gasteiger partial charge is 0.526 e. The van der Waals surface area contributed by atoms with E-state index in [-0.39, 0.29) is 5.46 Å². The first-order chi connectivity index (χ1) is 9.66. The van der Waals surface area contributed by atoms with Gasteiger partial charge in [0.1, 0.15) is 0 Å². The number of unbranched alkanes of at least 4 members (excludes halogenated alkanes) is 5. The SMILES string of the molecule is CCCCCCCCOOB(O)c1cccc(F)c1F. The Morgan fingerprint density at radius 2 is 1.80 bits per heavy atom. The van der Waals surface area contributed by atoms with Crippen molar-refractivity contribution in [2.24, 2.45) is 0 Å². The number of halogens is 2. The molecule has 0 unspecified atom stereocenters. The molecule has 3 nitrogen and oxygen atoms in total. The highest BCUT2D eigenvalue weighted by atomic mass is 19.2. The van der Waals surface area contributed by atoms with Crippen LogP contribution in [0.2, 0.25) is 0 Å². The maximum atomic E-state index is 13.3. The highest BCUT2D eigenvalue weighted by Crippen LogP contribution is 2.06. The zero-order chi connectivity index (χ0) is 14.8. The Hall–Kier alpha value is -0.975. The van der Waals surface area contributed by atoms with E-state index in [4.69, 9.17) is 4.89 Å². The summed E-state index contributed by atoms with van der Waals surface area (Å²) in [5.74, 6) is -2.15. The minimum Gasteiger partial charge on any atom is -0.422 e. The fourth-order valence-corrected chi connectivity index (χ4v) is 1.82. The molecule has 0 heterocycles. The van der Waals surface area contributed by atoms with Gasteiger partial charge in [0.2, 0.25) is 0 Å². The Labute approximate surface area is 119 Å². The highest BCUT2D eigenvalue weighted by molar-refractivity contribution is 6.59. The summed E-state index contributed by atoms with van der Waals surface area (Å²) in [6, 6.07) is 3.52.